The van der Waals surface area contributed by atoms with Gasteiger partial charge in [-0.15, -0.1) is 24.8 Å². The Kier molecular flexibility index (Phi) is 12.3. The van der Waals surface area contributed by atoms with Crippen molar-refractivity contribution in [2.45, 2.75) is 50.9 Å². The number of methoxy groups -OCH3 is 1. The predicted octanol–water partition coefficient (Wildman–Crippen LogP) is 7.41. The summed E-state index contributed by atoms with van der Waals surface area (Å²) >= 11 is 0. The molecule has 1 aliphatic rings. The lowest BCUT2D eigenvalue weighted by Gasteiger charge is -2.44. The molecule has 0 atom stereocenters. The van der Waals surface area contributed by atoms with E-state index in [9.17, 15) is 0 Å². The molecule has 37 heavy (non-hydrogen) atoms. The van der Waals surface area contributed by atoms with Crippen LogP contribution in [0.1, 0.15) is 50.3 Å². The van der Waals surface area contributed by atoms with Crippen LogP contribution in [0.2, 0.25) is 0 Å². The van der Waals surface area contributed by atoms with Crippen LogP contribution in [-0.4, -0.2) is 50.4 Å². The zero-order valence-electron chi connectivity index (χ0n) is 22.5. The van der Waals surface area contributed by atoms with Gasteiger partial charge in [-0.2, -0.15) is 0 Å². The molecule has 4 nitrogen and oxygen atoms in total. The Hall–Kier alpha value is -2.24. The topological polar surface area (TPSA) is 24.9 Å². The number of piperidine rings is 1. The van der Waals surface area contributed by atoms with Crippen molar-refractivity contribution in [1.29, 1.82) is 0 Å². The molecule has 1 heterocycles. The molecule has 0 N–H and O–H groups in total. The van der Waals surface area contributed by atoms with Crippen LogP contribution in [0.5, 0.6) is 5.75 Å². The molecule has 1 aliphatic heterocycles. The first-order chi connectivity index (χ1) is 17.0. The number of hydrogen-bond acceptors (Lipinski definition) is 4. The van der Waals surface area contributed by atoms with Crippen molar-refractivity contribution in [2.24, 2.45) is 0 Å². The van der Waals surface area contributed by atoms with E-state index in [2.05, 4.69) is 116 Å². The predicted molar refractivity (Wildman–Crippen MR) is 160 cm³/mol. The Labute approximate surface area is 235 Å². The van der Waals surface area contributed by atoms with E-state index >= 15 is 0 Å². The van der Waals surface area contributed by atoms with Gasteiger partial charge in [0.05, 0.1) is 17.7 Å². The Morgan fingerprint density at radius 1 is 0.811 bits per heavy atom. The van der Waals surface area contributed by atoms with E-state index in [0.717, 1.165) is 44.6 Å². The minimum atomic E-state index is -0.0800. The number of rotatable bonds is 10. The van der Waals surface area contributed by atoms with Gasteiger partial charge in [0, 0.05) is 39.5 Å². The summed E-state index contributed by atoms with van der Waals surface area (Å²) in [6.45, 7) is 7.11. The monoisotopic (exact) mass is 544 g/mol. The highest BCUT2D eigenvalue weighted by atomic mass is 35.5. The van der Waals surface area contributed by atoms with E-state index < -0.39 is 0 Å². The smallest absolute Gasteiger partial charge is 0.119 e. The summed E-state index contributed by atoms with van der Waals surface area (Å²) in [6.07, 6.45) is 3.28. The summed E-state index contributed by atoms with van der Waals surface area (Å²) in [5, 5.41) is 0. The fourth-order valence-electron chi connectivity index (χ4n) is 5.18. The van der Waals surface area contributed by atoms with Crippen LogP contribution in [0.25, 0.3) is 0 Å². The van der Waals surface area contributed by atoms with Crippen molar-refractivity contribution >= 4 is 30.5 Å². The molecule has 3 aromatic carbocycles. The van der Waals surface area contributed by atoms with E-state index in [4.69, 9.17) is 9.47 Å². The molecule has 3 aromatic rings. The SMILES string of the molecule is COC1(CCN(C)c2ccc(OC(C)C)cc2)CCN(C(c2ccccc2)c2ccccc2)CC1.Cl.Cl. The fourth-order valence-corrected chi connectivity index (χ4v) is 5.18. The molecule has 0 bridgehead atoms. The van der Waals surface area contributed by atoms with Gasteiger partial charge in [0.25, 0.3) is 0 Å². The number of likely N-dealkylation sites (tertiary alicyclic amines) is 1. The molecule has 4 rings (SSSR count). The van der Waals surface area contributed by atoms with Crippen molar-refractivity contribution in [3.05, 3.63) is 96.1 Å². The summed E-state index contributed by atoms with van der Waals surface area (Å²) in [7, 11) is 4.05. The summed E-state index contributed by atoms with van der Waals surface area (Å²) in [4.78, 5) is 4.95. The second-order valence-corrected chi connectivity index (χ2v) is 9.98. The molecule has 0 unspecified atom stereocenters. The van der Waals surface area contributed by atoms with Gasteiger partial charge >= 0.3 is 0 Å². The molecule has 0 radical (unpaired) electrons. The number of benzene rings is 3. The van der Waals surface area contributed by atoms with E-state index in [1.54, 1.807) is 0 Å². The average Bonchev–Trinajstić information content (AvgIpc) is 2.90. The lowest BCUT2D eigenvalue weighted by molar-refractivity contribution is -0.0654. The highest BCUT2D eigenvalue weighted by molar-refractivity contribution is 5.85. The summed E-state index contributed by atoms with van der Waals surface area (Å²) in [5.41, 5.74) is 3.84. The molecule has 1 fully saturated rings. The molecule has 1 saturated heterocycles. The molecule has 0 aliphatic carbocycles. The molecule has 0 spiro atoms. The lowest BCUT2D eigenvalue weighted by Crippen LogP contribution is -2.48. The number of nitrogens with zero attached hydrogens (tertiary/aromatic N) is 2. The van der Waals surface area contributed by atoms with Gasteiger partial charge in [-0.1, -0.05) is 60.7 Å². The standard InChI is InChI=1S/C31H40N2O2.2ClH/c1-25(2)35-29-17-15-28(16-18-29)32(3)22-19-31(34-4)20-23-33(24-21-31)30(26-11-7-5-8-12-26)27-13-9-6-10-14-27;;/h5-18,25,30H,19-24H2,1-4H3;2*1H. The Morgan fingerprint density at radius 3 is 1.78 bits per heavy atom. The van der Waals surface area contributed by atoms with Gasteiger partial charge in [0.2, 0.25) is 0 Å². The summed E-state index contributed by atoms with van der Waals surface area (Å²) in [6, 6.07) is 30.5. The summed E-state index contributed by atoms with van der Waals surface area (Å²) in [5.74, 6) is 0.921. The Morgan fingerprint density at radius 2 is 1.32 bits per heavy atom. The van der Waals surface area contributed by atoms with Crippen LogP contribution in [0, 0.1) is 0 Å². The van der Waals surface area contributed by atoms with Gasteiger partial charge in [-0.05, 0) is 68.5 Å². The maximum atomic E-state index is 6.19. The summed E-state index contributed by atoms with van der Waals surface area (Å²) < 4.78 is 12.0. The van der Waals surface area contributed by atoms with Crippen LogP contribution in [0.4, 0.5) is 5.69 Å². The van der Waals surface area contributed by atoms with Crippen LogP contribution in [0.3, 0.4) is 0 Å². The highest BCUT2D eigenvalue weighted by Crippen LogP contribution is 2.36. The maximum Gasteiger partial charge on any atom is 0.119 e. The van der Waals surface area contributed by atoms with Gasteiger partial charge in [0.15, 0.2) is 0 Å². The number of hydrogen-bond donors (Lipinski definition) is 0. The minimum Gasteiger partial charge on any atom is -0.491 e. The van der Waals surface area contributed by atoms with Crippen LogP contribution in [-0.2, 0) is 4.74 Å². The maximum absolute atomic E-state index is 6.19. The second kappa shape index (κ2) is 14.6. The largest absolute Gasteiger partial charge is 0.491 e. The van der Waals surface area contributed by atoms with Gasteiger partial charge < -0.3 is 14.4 Å². The quantitative estimate of drug-likeness (QED) is 0.265. The van der Waals surface area contributed by atoms with E-state index in [1.165, 1.54) is 16.8 Å². The highest BCUT2D eigenvalue weighted by Gasteiger charge is 2.37. The second-order valence-electron chi connectivity index (χ2n) is 9.98. The minimum absolute atomic E-state index is 0. The molecular formula is C31H42Cl2N2O2. The normalized spacial score (nSPS) is 15.1. The van der Waals surface area contributed by atoms with Crippen molar-refractivity contribution in [2.75, 3.05) is 38.7 Å². The van der Waals surface area contributed by atoms with Gasteiger partial charge in [-0.3, -0.25) is 4.90 Å². The zero-order valence-corrected chi connectivity index (χ0v) is 24.1. The number of halogens is 2. The van der Waals surface area contributed by atoms with Crippen molar-refractivity contribution < 1.29 is 9.47 Å². The fraction of sp³-hybridized carbons (Fsp3) is 0.419. The van der Waals surface area contributed by atoms with Crippen LogP contribution >= 0.6 is 24.8 Å². The van der Waals surface area contributed by atoms with Crippen LogP contribution < -0.4 is 9.64 Å². The van der Waals surface area contributed by atoms with E-state index in [0.29, 0.717) is 0 Å². The third kappa shape index (κ3) is 8.12. The first kappa shape index (κ1) is 31.0. The Balaban J connectivity index is 0.00000241. The van der Waals surface area contributed by atoms with Crippen LogP contribution in [0.15, 0.2) is 84.9 Å². The average molecular weight is 546 g/mol. The van der Waals surface area contributed by atoms with Gasteiger partial charge in [0.1, 0.15) is 5.75 Å². The van der Waals surface area contributed by atoms with E-state index in [-0.39, 0.29) is 42.6 Å². The molecular weight excluding hydrogens is 503 g/mol. The van der Waals surface area contributed by atoms with Crippen molar-refractivity contribution in [3.63, 3.8) is 0 Å². The van der Waals surface area contributed by atoms with E-state index in [1.807, 2.05) is 7.11 Å². The molecule has 6 heteroatoms. The van der Waals surface area contributed by atoms with Crippen molar-refractivity contribution in [3.8, 4) is 5.75 Å². The molecule has 0 saturated carbocycles. The first-order valence-electron chi connectivity index (χ1n) is 12.9. The third-order valence-corrected chi connectivity index (χ3v) is 7.29. The third-order valence-electron chi connectivity index (χ3n) is 7.29. The lowest BCUT2D eigenvalue weighted by atomic mass is 9.85. The first-order valence-corrected chi connectivity index (χ1v) is 12.9. The number of anilines is 1. The number of ether oxygens (including phenoxy) is 2. The molecule has 0 amide bonds. The zero-order chi connectivity index (χ0) is 24.7. The molecule has 202 valence electrons. The Bertz CT molecular complexity index is 985. The van der Waals surface area contributed by atoms with Gasteiger partial charge in [-0.25, -0.2) is 0 Å². The molecule has 0 aromatic heterocycles. The van der Waals surface area contributed by atoms with Crippen molar-refractivity contribution in [1.82, 2.24) is 4.90 Å².